The largest absolute Gasteiger partial charge is 0.276 e. The van der Waals surface area contributed by atoms with E-state index in [0.717, 1.165) is 69.3 Å². The van der Waals surface area contributed by atoms with Gasteiger partial charge in [-0.3, -0.25) is 19.0 Å². The van der Waals surface area contributed by atoms with Gasteiger partial charge in [0.25, 0.3) is 0 Å². The minimum Gasteiger partial charge on any atom is -0.276 e. The fourth-order valence-corrected chi connectivity index (χ4v) is 4.52. The van der Waals surface area contributed by atoms with Gasteiger partial charge in [0.05, 0.1) is 35.2 Å². The number of aryl methyl sites for hydroxylation is 5. The van der Waals surface area contributed by atoms with Crippen molar-refractivity contribution in [2.45, 2.75) is 19.3 Å². The van der Waals surface area contributed by atoms with Gasteiger partial charge in [0.1, 0.15) is 5.82 Å². The molecule has 164 valence electrons. The van der Waals surface area contributed by atoms with E-state index >= 15 is 0 Å². The number of aromatic nitrogens is 9. The Kier molecular flexibility index (Phi) is 4.42. The standard InChI is InChI=1S/C24H23N9/c1-31-13-15(9-27-31)8-21-26-10-16-4-7-20-22(23(16)29-21)24(33(3)30-20)17-5-6-19(25-11-17)18-12-28-32(2)14-18/h5-6,9-14H,4,7-8H2,1-3H3. The molecule has 0 spiro atoms. The molecule has 0 amide bonds. The van der Waals surface area contributed by atoms with E-state index in [4.69, 9.17) is 15.1 Å². The van der Waals surface area contributed by atoms with Gasteiger partial charge in [0.2, 0.25) is 0 Å². The van der Waals surface area contributed by atoms with Crippen LogP contribution in [0.3, 0.4) is 0 Å². The third-order valence-corrected chi connectivity index (χ3v) is 6.06. The van der Waals surface area contributed by atoms with E-state index in [1.807, 2.05) is 69.1 Å². The fourth-order valence-electron chi connectivity index (χ4n) is 4.52. The van der Waals surface area contributed by atoms with Crippen LogP contribution in [0.5, 0.6) is 0 Å². The van der Waals surface area contributed by atoms with Crippen molar-refractivity contribution in [3.63, 3.8) is 0 Å². The smallest absolute Gasteiger partial charge is 0.133 e. The third-order valence-electron chi connectivity index (χ3n) is 6.06. The van der Waals surface area contributed by atoms with Crippen molar-refractivity contribution >= 4 is 0 Å². The lowest BCUT2D eigenvalue weighted by atomic mass is 9.91. The first-order valence-corrected chi connectivity index (χ1v) is 10.9. The van der Waals surface area contributed by atoms with Crippen LogP contribution in [0.2, 0.25) is 0 Å². The second-order valence-corrected chi connectivity index (χ2v) is 8.49. The van der Waals surface area contributed by atoms with Gasteiger partial charge in [0, 0.05) is 69.0 Å². The Bertz CT molecular complexity index is 1470. The van der Waals surface area contributed by atoms with Crippen LogP contribution in [0.25, 0.3) is 33.8 Å². The number of hydrogen-bond donors (Lipinski definition) is 0. The van der Waals surface area contributed by atoms with Crippen molar-refractivity contribution in [1.29, 1.82) is 0 Å². The average Bonchev–Trinajstić information content (AvgIpc) is 3.52. The Hall–Kier alpha value is -4.14. The molecule has 0 aliphatic heterocycles. The highest BCUT2D eigenvalue weighted by molar-refractivity contribution is 5.84. The van der Waals surface area contributed by atoms with E-state index < -0.39 is 0 Å². The van der Waals surface area contributed by atoms with Crippen LogP contribution >= 0.6 is 0 Å². The Morgan fingerprint density at radius 3 is 2.42 bits per heavy atom. The first-order valence-electron chi connectivity index (χ1n) is 10.9. The number of nitrogens with zero attached hydrogens (tertiary/aromatic N) is 9. The normalized spacial score (nSPS) is 12.6. The molecular formula is C24H23N9. The lowest BCUT2D eigenvalue weighted by molar-refractivity contribution is 0.740. The number of fused-ring (bicyclic) bond motifs is 3. The summed E-state index contributed by atoms with van der Waals surface area (Å²) in [5.74, 6) is 0.787. The lowest BCUT2D eigenvalue weighted by Gasteiger charge is -2.16. The van der Waals surface area contributed by atoms with E-state index in [2.05, 4.69) is 21.2 Å². The lowest BCUT2D eigenvalue weighted by Crippen LogP contribution is -2.09. The Morgan fingerprint density at radius 2 is 1.70 bits per heavy atom. The summed E-state index contributed by atoms with van der Waals surface area (Å²) in [7, 11) is 5.81. The molecule has 5 heterocycles. The highest BCUT2D eigenvalue weighted by atomic mass is 15.3. The Labute approximate surface area is 190 Å². The minimum atomic E-state index is 0.646. The molecule has 0 fully saturated rings. The van der Waals surface area contributed by atoms with E-state index in [0.29, 0.717) is 6.42 Å². The first-order chi connectivity index (χ1) is 16.0. The molecule has 9 nitrogen and oxygen atoms in total. The summed E-state index contributed by atoms with van der Waals surface area (Å²) < 4.78 is 5.53. The highest BCUT2D eigenvalue weighted by Crippen LogP contribution is 2.39. The summed E-state index contributed by atoms with van der Waals surface area (Å²) in [5, 5.41) is 13.3. The minimum absolute atomic E-state index is 0.646. The SMILES string of the molecule is Cn1cc(Cc2ncc3c(n2)-c2c(nn(C)c2-c2ccc(-c4cnn(C)c4)nc2)CC3)cn1. The van der Waals surface area contributed by atoms with E-state index in [1.165, 1.54) is 0 Å². The van der Waals surface area contributed by atoms with Crippen molar-refractivity contribution in [3.05, 3.63) is 72.0 Å². The van der Waals surface area contributed by atoms with E-state index in [9.17, 15) is 0 Å². The fraction of sp³-hybridized carbons (Fsp3) is 0.250. The number of pyridine rings is 1. The summed E-state index contributed by atoms with van der Waals surface area (Å²) in [4.78, 5) is 14.3. The van der Waals surface area contributed by atoms with Gasteiger partial charge in [-0.2, -0.15) is 15.3 Å². The van der Waals surface area contributed by atoms with Crippen LogP contribution in [0.1, 0.15) is 22.6 Å². The van der Waals surface area contributed by atoms with E-state index in [1.54, 1.807) is 9.36 Å². The highest BCUT2D eigenvalue weighted by Gasteiger charge is 2.27. The number of hydrogen-bond acceptors (Lipinski definition) is 6. The third kappa shape index (κ3) is 3.42. The summed E-state index contributed by atoms with van der Waals surface area (Å²) in [6, 6.07) is 4.13. The van der Waals surface area contributed by atoms with Gasteiger partial charge >= 0.3 is 0 Å². The molecule has 5 aromatic rings. The molecule has 0 atom stereocenters. The van der Waals surface area contributed by atoms with Gasteiger partial charge < -0.3 is 0 Å². The van der Waals surface area contributed by atoms with Crippen LogP contribution < -0.4 is 0 Å². The second-order valence-electron chi connectivity index (χ2n) is 8.49. The van der Waals surface area contributed by atoms with Gasteiger partial charge in [-0.25, -0.2) is 9.97 Å². The zero-order valence-electron chi connectivity index (χ0n) is 18.8. The summed E-state index contributed by atoms with van der Waals surface area (Å²) in [6.45, 7) is 0. The molecule has 1 aliphatic carbocycles. The monoisotopic (exact) mass is 437 g/mol. The predicted molar refractivity (Wildman–Crippen MR) is 123 cm³/mol. The second kappa shape index (κ2) is 7.47. The first kappa shape index (κ1) is 19.5. The Balaban J connectivity index is 1.41. The maximum atomic E-state index is 4.99. The van der Waals surface area contributed by atoms with Crippen LogP contribution in [-0.2, 0) is 40.4 Å². The van der Waals surface area contributed by atoms with Crippen molar-refractivity contribution in [2.75, 3.05) is 0 Å². The van der Waals surface area contributed by atoms with E-state index in [-0.39, 0.29) is 0 Å². The zero-order chi connectivity index (χ0) is 22.5. The molecule has 0 aromatic carbocycles. The molecule has 0 radical (unpaired) electrons. The summed E-state index contributed by atoms with van der Waals surface area (Å²) >= 11 is 0. The molecule has 0 unspecified atom stereocenters. The van der Waals surface area contributed by atoms with Crippen molar-refractivity contribution in [3.8, 4) is 33.8 Å². The zero-order valence-corrected chi connectivity index (χ0v) is 18.8. The van der Waals surface area contributed by atoms with Crippen LogP contribution in [0.4, 0.5) is 0 Å². The summed E-state index contributed by atoms with van der Waals surface area (Å²) in [5.41, 5.74) is 9.32. The van der Waals surface area contributed by atoms with Crippen LogP contribution in [0.15, 0.2) is 49.3 Å². The van der Waals surface area contributed by atoms with Crippen molar-refractivity contribution in [1.82, 2.24) is 44.3 Å². The molecule has 1 aliphatic rings. The molecule has 33 heavy (non-hydrogen) atoms. The molecule has 9 heteroatoms. The van der Waals surface area contributed by atoms with Gasteiger partial charge in [-0.05, 0) is 36.1 Å². The maximum Gasteiger partial charge on any atom is 0.133 e. The molecule has 0 saturated carbocycles. The maximum absolute atomic E-state index is 4.99. The van der Waals surface area contributed by atoms with Crippen LogP contribution in [0, 0.1) is 0 Å². The molecule has 5 aromatic heterocycles. The van der Waals surface area contributed by atoms with Crippen molar-refractivity contribution in [2.24, 2.45) is 21.1 Å². The van der Waals surface area contributed by atoms with Gasteiger partial charge in [-0.15, -0.1) is 0 Å². The molecule has 0 saturated heterocycles. The molecule has 0 N–H and O–H groups in total. The van der Waals surface area contributed by atoms with Crippen molar-refractivity contribution < 1.29 is 0 Å². The molecular weight excluding hydrogens is 414 g/mol. The van der Waals surface area contributed by atoms with Gasteiger partial charge in [0.15, 0.2) is 0 Å². The number of rotatable bonds is 4. The summed E-state index contributed by atoms with van der Waals surface area (Å²) in [6.07, 6.45) is 13.9. The average molecular weight is 438 g/mol. The quantitative estimate of drug-likeness (QED) is 0.429. The Morgan fingerprint density at radius 1 is 0.848 bits per heavy atom. The molecule has 6 rings (SSSR count). The van der Waals surface area contributed by atoms with Gasteiger partial charge in [-0.1, -0.05) is 0 Å². The topological polar surface area (TPSA) is 92.1 Å². The van der Waals surface area contributed by atoms with Crippen LogP contribution in [-0.4, -0.2) is 44.3 Å². The predicted octanol–water partition coefficient (Wildman–Crippen LogP) is 2.76. The molecule has 0 bridgehead atoms.